The van der Waals surface area contributed by atoms with Gasteiger partial charge in [0, 0.05) is 13.2 Å². The SMILES string of the molecule is [CH2]CCCCCCOCCCCC. The maximum absolute atomic E-state index is 5.50. The van der Waals surface area contributed by atoms with Crippen LogP contribution in [-0.2, 0) is 4.74 Å². The molecule has 0 aliphatic heterocycles. The van der Waals surface area contributed by atoms with Crippen LogP contribution in [0.4, 0.5) is 0 Å². The third kappa shape index (κ3) is 12.0. The van der Waals surface area contributed by atoms with E-state index in [-0.39, 0.29) is 0 Å². The van der Waals surface area contributed by atoms with Gasteiger partial charge in [0.2, 0.25) is 0 Å². The standard InChI is InChI=1S/C12H25O/c1-3-5-7-8-10-12-13-11-9-6-4-2/h1,3-12H2,2H3. The first-order valence-electron chi connectivity index (χ1n) is 5.78. The molecule has 0 aromatic heterocycles. The summed E-state index contributed by atoms with van der Waals surface area (Å²) in [4.78, 5) is 0. The van der Waals surface area contributed by atoms with Crippen molar-refractivity contribution in [3.8, 4) is 0 Å². The van der Waals surface area contributed by atoms with Crippen LogP contribution in [0, 0.1) is 6.92 Å². The fourth-order valence-electron chi connectivity index (χ4n) is 1.29. The number of unbranched alkanes of at least 4 members (excludes halogenated alkanes) is 6. The third-order valence-corrected chi connectivity index (χ3v) is 2.18. The van der Waals surface area contributed by atoms with Gasteiger partial charge in [-0.2, -0.15) is 0 Å². The molecule has 0 unspecified atom stereocenters. The van der Waals surface area contributed by atoms with Crippen LogP contribution in [0.25, 0.3) is 0 Å². The lowest BCUT2D eigenvalue weighted by Gasteiger charge is -2.03. The average Bonchev–Trinajstić information content (AvgIpc) is 2.16. The zero-order valence-electron chi connectivity index (χ0n) is 9.19. The highest BCUT2D eigenvalue weighted by atomic mass is 16.5. The Hall–Kier alpha value is -0.0400. The Labute approximate surface area is 83.9 Å². The van der Waals surface area contributed by atoms with E-state index < -0.39 is 0 Å². The zero-order valence-corrected chi connectivity index (χ0v) is 9.19. The van der Waals surface area contributed by atoms with Gasteiger partial charge in [-0.25, -0.2) is 0 Å². The molecule has 0 aromatic rings. The second-order valence-electron chi connectivity index (χ2n) is 3.59. The smallest absolute Gasteiger partial charge is 0.0466 e. The van der Waals surface area contributed by atoms with Crippen LogP contribution in [0.1, 0.15) is 58.3 Å². The van der Waals surface area contributed by atoms with Crippen molar-refractivity contribution >= 4 is 0 Å². The van der Waals surface area contributed by atoms with E-state index in [2.05, 4.69) is 13.8 Å². The van der Waals surface area contributed by atoms with Crippen molar-refractivity contribution in [2.24, 2.45) is 0 Å². The van der Waals surface area contributed by atoms with Gasteiger partial charge in [-0.15, -0.1) is 0 Å². The van der Waals surface area contributed by atoms with E-state index in [4.69, 9.17) is 4.74 Å². The summed E-state index contributed by atoms with van der Waals surface area (Å²) >= 11 is 0. The first-order valence-corrected chi connectivity index (χ1v) is 5.78. The Balaban J connectivity index is 2.76. The minimum absolute atomic E-state index is 0.959. The molecule has 1 heteroatoms. The highest BCUT2D eigenvalue weighted by molar-refractivity contribution is 4.45. The first-order chi connectivity index (χ1) is 6.41. The molecule has 0 saturated heterocycles. The molecule has 0 aromatic carbocycles. The maximum Gasteiger partial charge on any atom is 0.0466 e. The molecule has 0 saturated carbocycles. The summed E-state index contributed by atoms with van der Waals surface area (Å²) in [5.41, 5.74) is 0. The van der Waals surface area contributed by atoms with Gasteiger partial charge in [0.15, 0.2) is 0 Å². The fourth-order valence-corrected chi connectivity index (χ4v) is 1.29. The molecule has 0 bridgehead atoms. The van der Waals surface area contributed by atoms with Gasteiger partial charge in [-0.3, -0.25) is 0 Å². The summed E-state index contributed by atoms with van der Waals surface area (Å²) in [6, 6.07) is 0. The van der Waals surface area contributed by atoms with Crippen molar-refractivity contribution in [1.29, 1.82) is 0 Å². The van der Waals surface area contributed by atoms with E-state index in [0.717, 1.165) is 19.6 Å². The Bertz CT molecular complexity index is 71.2. The number of rotatable bonds is 10. The minimum atomic E-state index is 0.959. The summed E-state index contributed by atoms with van der Waals surface area (Å²) in [6.07, 6.45) is 10.0. The van der Waals surface area contributed by atoms with Gasteiger partial charge in [0.05, 0.1) is 0 Å². The van der Waals surface area contributed by atoms with E-state index in [1.54, 1.807) is 0 Å². The van der Waals surface area contributed by atoms with Crippen molar-refractivity contribution in [1.82, 2.24) is 0 Å². The van der Waals surface area contributed by atoms with Crippen molar-refractivity contribution in [2.45, 2.75) is 58.3 Å². The lowest BCUT2D eigenvalue weighted by atomic mass is 10.2. The van der Waals surface area contributed by atoms with E-state index in [9.17, 15) is 0 Å². The van der Waals surface area contributed by atoms with Crippen molar-refractivity contribution in [3.05, 3.63) is 6.92 Å². The molecule has 79 valence electrons. The predicted molar refractivity (Wildman–Crippen MR) is 58.8 cm³/mol. The van der Waals surface area contributed by atoms with Crippen LogP contribution in [0.5, 0.6) is 0 Å². The molecule has 0 rings (SSSR count). The molecule has 0 spiro atoms. The summed E-state index contributed by atoms with van der Waals surface area (Å²) in [7, 11) is 0. The molecule has 1 nitrogen and oxygen atoms in total. The number of hydrogen-bond acceptors (Lipinski definition) is 1. The van der Waals surface area contributed by atoms with Gasteiger partial charge in [0.1, 0.15) is 0 Å². The zero-order chi connectivity index (χ0) is 9.78. The van der Waals surface area contributed by atoms with Gasteiger partial charge in [0.25, 0.3) is 0 Å². The average molecular weight is 185 g/mol. The molecule has 0 heterocycles. The Kier molecular flexibility index (Phi) is 11.9. The minimum Gasteiger partial charge on any atom is -0.381 e. The fraction of sp³-hybridized carbons (Fsp3) is 0.917. The maximum atomic E-state index is 5.50. The van der Waals surface area contributed by atoms with Crippen LogP contribution < -0.4 is 0 Å². The van der Waals surface area contributed by atoms with Crippen LogP contribution in [0.3, 0.4) is 0 Å². The van der Waals surface area contributed by atoms with E-state index in [0.29, 0.717) is 0 Å². The van der Waals surface area contributed by atoms with Gasteiger partial charge in [-0.1, -0.05) is 52.4 Å². The second kappa shape index (κ2) is 12.0. The number of hydrogen-bond donors (Lipinski definition) is 0. The monoisotopic (exact) mass is 185 g/mol. The topological polar surface area (TPSA) is 9.23 Å². The summed E-state index contributed by atoms with van der Waals surface area (Å²) in [5.74, 6) is 0. The molecular weight excluding hydrogens is 160 g/mol. The van der Waals surface area contributed by atoms with Gasteiger partial charge >= 0.3 is 0 Å². The molecular formula is C12H25O. The molecule has 0 aliphatic carbocycles. The molecule has 1 radical (unpaired) electrons. The Morgan fingerprint density at radius 1 is 0.846 bits per heavy atom. The Morgan fingerprint density at radius 3 is 2.08 bits per heavy atom. The normalized spacial score (nSPS) is 10.6. The van der Waals surface area contributed by atoms with E-state index in [1.807, 2.05) is 0 Å². The van der Waals surface area contributed by atoms with Gasteiger partial charge < -0.3 is 4.74 Å². The third-order valence-electron chi connectivity index (χ3n) is 2.18. The molecule has 0 N–H and O–H groups in total. The molecule has 0 aliphatic rings. The summed E-state index contributed by atoms with van der Waals surface area (Å²) in [5, 5.41) is 0. The van der Waals surface area contributed by atoms with E-state index >= 15 is 0 Å². The van der Waals surface area contributed by atoms with Crippen molar-refractivity contribution < 1.29 is 4.74 Å². The van der Waals surface area contributed by atoms with Crippen molar-refractivity contribution in [3.63, 3.8) is 0 Å². The lowest BCUT2D eigenvalue weighted by Crippen LogP contribution is -1.96. The molecule has 0 atom stereocenters. The molecule has 0 amide bonds. The van der Waals surface area contributed by atoms with Gasteiger partial charge in [-0.05, 0) is 12.8 Å². The summed E-state index contributed by atoms with van der Waals surface area (Å²) in [6.45, 7) is 7.96. The Morgan fingerprint density at radius 2 is 1.46 bits per heavy atom. The predicted octanol–water partition coefficient (Wildman–Crippen LogP) is 3.98. The highest BCUT2D eigenvalue weighted by Gasteiger charge is 1.90. The second-order valence-corrected chi connectivity index (χ2v) is 3.59. The first kappa shape index (κ1) is 13.0. The number of ether oxygens (including phenoxy) is 1. The molecule has 0 fully saturated rings. The highest BCUT2D eigenvalue weighted by Crippen LogP contribution is 2.02. The van der Waals surface area contributed by atoms with Crippen LogP contribution in [0.2, 0.25) is 0 Å². The van der Waals surface area contributed by atoms with Crippen LogP contribution >= 0.6 is 0 Å². The van der Waals surface area contributed by atoms with Crippen LogP contribution in [0.15, 0.2) is 0 Å². The quantitative estimate of drug-likeness (QED) is 0.468. The summed E-state index contributed by atoms with van der Waals surface area (Å²) < 4.78 is 5.50. The molecule has 13 heavy (non-hydrogen) atoms. The largest absolute Gasteiger partial charge is 0.381 e. The lowest BCUT2D eigenvalue weighted by molar-refractivity contribution is 0.126. The van der Waals surface area contributed by atoms with E-state index in [1.165, 1.54) is 44.9 Å². The van der Waals surface area contributed by atoms with Crippen molar-refractivity contribution in [2.75, 3.05) is 13.2 Å². The van der Waals surface area contributed by atoms with Crippen LogP contribution in [-0.4, -0.2) is 13.2 Å².